The van der Waals surface area contributed by atoms with Crippen LogP contribution in [-0.4, -0.2) is 29.8 Å². The molecule has 0 spiro atoms. The lowest BCUT2D eigenvalue weighted by Crippen LogP contribution is -2.14. The maximum Gasteiger partial charge on any atom is 0.339 e. The van der Waals surface area contributed by atoms with Gasteiger partial charge in [0.25, 0.3) is 0 Å². The van der Waals surface area contributed by atoms with Gasteiger partial charge in [-0.3, -0.25) is 0 Å². The minimum Gasteiger partial charge on any atom is -0.423 e. The Bertz CT molecular complexity index is 1550. The average molecular weight is 575 g/mol. The first-order valence-electron chi connectivity index (χ1n) is 12.3. The Balaban J connectivity index is 2.40. The molecule has 0 aliphatic carbocycles. The Kier molecular flexibility index (Phi) is 11.1. The summed E-state index contributed by atoms with van der Waals surface area (Å²) in [6.45, 7) is 21.3. The molecule has 0 unspecified atom stereocenters. The van der Waals surface area contributed by atoms with Gasteiger partial charge < -0.3 is 23.7 Å². The van der Waals surface area contributed by atoms with E-state index in [-0.39, 0.29) is 56.6 Å². The molecule has 2 aromatic rings. The van der Waals surface area contributed by atoms with Crippen LogP contribution in [0.2, 0.25) is 0 Å². The third kappa shape index (κ3) is 9.30. The van der Waals surface area contributed by atoms with E-state index in [4.69, 9.17) is 23.7 Å². The third-order valence-electron chi connectivity index (χ3n) is 5.00. The van der Waals surface area contributed by atoms with E-state index >= 15 is 0 Å². The molecule has 0 radical (unpaired) electrons. The second-order valence-corrected chi connectivity index (χ2v) is 9.21. The lowest BCUT2D eigenvalue weighted by Gasteiger charge is -2.13. The van der Waals surface area contributed by atoms with Crippen LogP contribution in [0.1, 0.15) is 40.2 Å². The summed E-state index contributed by atoms with van der Waals surface area (Å²) in [4.78, 5) is 61.2. The molecule has 0 fully saturated rings. The Hall–Kier alpha value is -5.51. The van der Waals surface area contributed by atoms with Gasteiger partial charge in [-0.15, -0.1) is 0 Å². The highest BCUT2D eigenvalue weighted by molar-refractivity contribution is 5.96. The number of ether oxygens (including phenoxy) is 5. The zero-order chi connectivity index (χ0) is 31.7. The van der Waals surface area contributed by atoms with E-state index in [1.54, 1.807) is 0 Å². The maximum absolute atomic E-state index is 13.0. The van der Waals surface area contributed by atoms with Gasteiger partial charge in [0.1, 0.15) is 5.75 Å². The number of benzene rings is 2. The van der Waals surface area contributed by atoms with E-state index in [2.05, 4.69) is 26.3 Å². The number of rotatable bonds is 11. The van der Waals surface area contributed by atoms with Crippen LogP contribution in [0.3, 0.4) is 0 Å². The van der Waals surface area contributed by atoms with Crippen LogP contribution < -0.4 is 23.7 Å². The molecular formula is C32H30O10. The maximum atomic E-state index is 13.0. The monoisotopic (exact) mass is 574 g/mol. The van der Waals surface area contributed by atoms with Crippen LogP contribution >= 0.6 is 0 Å². The third-order valence-corrected chi connectivity index (χ3v) is 5.00. The second kappa shape index (κ2) is 14.2. The van der Waals surface area contributed by atoms with E-state index in [0.29, 0.717) is 5.56 Å². The van der Waals surface area contributed by atoms with Gasteiger partial charge in [0.05, 0.1) is 0 Å². The van der Waals surface area contributed by atoms with Crippen molar-refractivity contribution in [1.29, 1.82) is 0 Å². The van der Waals surface area contributed by atoms with Crippen molar-refractivity contribution >= 4 is 35.9 Å². The van der Waals surface area contributed by atoms with Crippen LogP contribution in [-0.2, 0) is 24.0 Å². The van der Waals surface area contributed by atoms with Crippen molar-refractivity contribution in [2.45, 2.75) is 34.6 Å². The first-order valence-corrected chi connectivity index (χ1v) is 12.3. The van der Waals surface area contributed by atoms with Crippen LogP contribution in [0.25, 0.3) is 6.08 Å². The van der Waals surface area contributed by atoms with Crippen LogP contribution in [0, 0.1) is 0 Å². The molecule has 10 nitrogen and oxygen atoms in total. The summed E-state index contributed by atoms with van der Waals surface area (Å²) in [5.41, 5.74) is 0.940. The Morgan fingerprint density at radius 1 is 0.500 bits per heavy atom. The zero-order valence-corrected chi connectivity index (χ0v) is 24.0. The van der Waals surface area contributed by atoms with Crippen LogP contribution in [0.4, 0.5) is 0 Å². The van der Waals surface area contributed by atoms with Gasteiger partial charge in [0.15, 0.2) is 23.0 Å². The molecule has 0 bridgehead atoms. The van der Waals surface area contributed by atoms with Gasteiger partial charge in [-0.25, -0.2) is 24.0 Å². The Labute approximate surface area is 243 Å². The van der Waals surface area contributed by atoms with Gasteiger partial charge in [0, 0.05) is 33.9 Å². The topological polar surface area (TPSA) is 132 Å². The number of hydrogen-bond donors (Lipinski definition) is 0. The van der Waals surface area contributed by atoms with E-state index in [0.717, 1.165) is 0 Å². The minimum atomic E-state index is -0.826. The normalized spacial score (nSPS) is 10.5. The smallest absolute Gasteiger partial charge is 0.339 e. The molecular weight excluding hydrogens is 544 g/mol. The molecule has 0 saturated heterocycles. The largest absolute Gasteiger partial charge is 0.423 e. The highest BCUT2D eigenvalue weighted by Crippen LogP contribution is 2.34. The predicted octanol–water partition coefficient (Wildman–Crippen LogP) is 5.62. The minimum absolute atomic E-state index is 0.0175. The molecule has 10 heteroatoms. The lowest BCUT2D eigenvalue weighted by molar-refractivity contribution is -0.132. The average Bonchev–Trinajstić information content (AvgIpc) is 2.90. The number of hydrogen-bond acceptors (Lipinski definition) is 10. The molecule has 0 aliphatic rings. The number of carbonyl (C=O) groups is 5. The summed E-state index contributed by atoms with van der Waals surface area (Å²) in [5.74, 6) is -4.28. The van der Waals surface area contributed by atoms with Gasteiger partial charge in [-0.1, -0.05) is 32.4 Å². The van der Waals surface area contributed by atoms with Crippen molar-refractivity contribution in [2.75, 3.05) is 0 Å². The fourth-order valence-electron chi connectivity index (χ4n) is 2.74. The molecule has 0 amide bonds. The summed E-state index contributed by atoms with van der Waals surface area (Å²) < 4.78 is 26.4. The zero-order valence-electron chi connectivity index (χ0n) is 24.0. The van der Waals surface area contributed by atoms with E-state index in [9.17, 15) is 24.0 Å². The predicted molar refractivity (Wildman–Crippen MR) is 154 cm³/mol. The summed E-state index contributed by atoms with van der Waals surface area (Å²) >= 11 is 0. The number of carbonyl (C=O) groups excluding carboxylic acids is 5. The molecule has 0 saturated carbocycles. The van der Waals surface area contributed by atoms with Gasteiger partial charge >= 0.3 is 29.8 Å². The Morgan fingerprint density at radius 3 is 1.36 bits per heavy atom. The molecule has 0 heterocycles. The Morgan fingerprint density at radius 2 is 0.881 bits per heavy atom. The fourth-order valence-corrected chi connectivity index (χ4v) is 2.74. The summed E-state index contributed by atoms with van der Waals surface area (Å²) in [6.07, 6.45) is 1.42. The van der Waals surface area contributed by atoms with Crippen molar-refractivity contribution in [3.63, 3.8) is 0 Å². The van der Waals surface area contributed by atoms with Crippen molar-refractivity contribution in [1.82, 2.24) is 0 Å². The van der Waals surface area contributed by atoms with Crippen LogP contribution in [0.15, 0.2) is 90.6 Å². The van der Waals surface area contributed by atoms with Crippen LogP contribution in [0.5, 0.6) is 28.7 Å². The molecule has 42 heavy (non-hydrogen) atoms. The molecule has 0 N–H and O–H groups in total. The summed E-state index contributed by atoms with van der Waals surface area (Å²) in [5, 5.41) is 0. The van der Waals surface area contributed by atoms with E-state index < -0.39 is 29.8 Å². The van der Waals surface area contributed by atoms with Crippen molar-refractivity contribution < 1.29 is 47.7 Å². The molecule has 2 aromatic carbocycles. The molecule has 0 aliphatic heterocycles. The standard InChI is InChI=1S/C32H30O10/c1-17(2)28(33)38-23-11-13-25(27(16-23)42-31(36)20(7)8)40-32(37)21(9)14-22-10-12-24(39-29(34)18(3)4)26(15-22)41-30(35)19(5)6/h10-16H,1,3,5,7H2,2,4,6,8-9H3. The van der Waals surface area contributed by atoms with Crippen molar-refractivity contribution in [2.24, 2.45) is 0 Å². The molecule has 218 valence electrons. The first-order chi connectivity index (χ1) is 19.6. The summed E-state index contributed by atoms with van der Waals surface area (Å²) in [6, 6.07) is 8.11. The van der Waals surface area contributed by atoms with E-state index in [1.165, 1.54) is 77.1 Å². The van der Waals surface area contributed by atoms with Gasteiger partial charge in [0.2, 0.25) is 0 Å². The molecule has 2 rings (SSSR count). The second-order valence-electron chi connectivity index (χ2n) is 9.21. The highest BCUT2D eigenvalue weighted by atomic mass is 16.6. The van der Waals surface area contributed by atoms with E-state index in [1.807, 2.05) is 0 Å². The highest BCUT2D eigenvalue weighted by Gasteiger charge is 2.19. The summed E-state index contributed by atoms with van der Waals surface area (Å²) in [7, 11) is 0. The van der Waals surface area contributed by atoms with Crippen molar-refractivity contribution in [3.8, 4) is 28.7 Å². The fraction of sp³-hybridized carbons (Fsp3) is 0.156. The molecule has 0 atom stereocenters. The van der Waals surface area contributed by atoms with Crippen molar-refractivity contribution in [3.05, 3.63) is 96.1 Å². The first kappa shape index (κ1) is 32.7. The van der Waals surface area contributed by atoms with Gasteiger partial charge in [-0.2, -0.15) is 0 Å². The molecule has 0 aromatic heterocycles. The number of esters is 5. The SMILES string of the molecule is C=C(C)C(=O)Oc1ccc(OC(=O)C(C)=Cc2ccc(OC(=O)C(=C)C)c(OC(=O)C(=C)C)c2)c(OC(=O)C(=C)C)c1. The quantitative estimate of drug-likeness (QED) is 0.189. The van der Waals surface area contributed by atoms with Gasteiger partial charge in [-0.05, 0) is 70.5 Å². The lowest BCUT2D eigenvalue weighted by atomic mass is 10.1.